The molecule has 1 aliphatic heterocycles. The fourth-order valence-corrected chi connectivity index (χ4v) is 1.07. The first-order valence-corrected chi connectivity index (χ1v) is 3.41. The molecule has 0 atom stereocenters. The molecule has 1 aliphatic rings. The monoisotopic (exact) mass is 112 g/mol. The van der Waals surface area contributed by atoms with Gasteiger partial charge in [0.05, 0.1) is 0 Å². The molecule has 0 aromatic heterocycles. The van der Waals surface area contributed by atoms with Crippen LogP contribution < -0.4 is 5.32 Å². The van der Waals surface area contributed by atoms with Gasteiger partial charge in [-0.3, -0.25) is 0 Å². The number of rotatable bonds is 0. The predicted molar refractivity (Wildman–Crippen MR) is 35.6 cm³/mol. The van der Waals surface area contributed by atoms with Crippen LogP contribution in [0.25, 0.3) is 0 Å². The van der Waals surface area contributed by atoms with Gasteiger partial charge in [0.2, 0.25) is 0 Å². The lowest BCUT2D eigenvalue weighted by Gasteiger charge is -2.18. The highest BCUT2D eigenvalue weighted by Gasteiger charge is 1.93. The molecule has 8 heavy (non-hydrogen) atoms. The third kappa shape index (κ3) is 1.83. The molecule has 1 nitrogen and oxygen atoms in total. The van der Waals surface area contributed by atoms with Crippen LogP contribution >= 0.6 is 0 Å². The topological polar surface area (TPSA) is 12.0 Å². The zero-order valence-electron chi connectivity index (χ0n) is 5.54. The summed E-state index contributed by atoms with van der Waals surface area (Å²) in [7, 11) is 0. The summed E-state index contributed by atoms with van der Waals surface area (Å²) in [6, 6.07) is 0. The Kier molecular flexibility index (Phi) is 2.34. The second-order valence-electron chi connectivity index (χ2n) is 2.56. The second kappa shape index (κ2) is 3.08. The van der Waals surface area contributed by atoms with Crippen molar-refractivity contribution in [2.45, 2.75) is 26.2 Å². The lowest BCUT2D eigenvalue weighted by Crippen LogP contribution is -2.13. The van der Waals surface area contributed by atoms with Crippen molar-refractivity contribution in [2.24, 2.45) is 0 Å². The molecule has 1 N–H and O–H groups in total. The van der Waals surface area contributed by atoms with Gasteiger partial charge in [0.1, 0.15) is 0 Å². The highest BCUT2D eigenvalue weighted by Crippen LogP contribution is 2.13. The van der Waals surface area contributed by atoms with Crippen molar-refractivity contribution in [2.75, 3.05) is 13.1 Å². The van der Waals surface area contributed by atoms with E-state index in [1.54, 1.807) is 5.92 Å². The van der Waals surface area contributed by atoms with Gasteiger partial charge in [0.15, 0.2) is 0 Å². The molecule has 0 bridgehead atoms. The second-order valence-corrected chi connectivity index (χ2v) is 2.56. The van der Waals surface area contributed by atoms with Crippen molar-refractivity contribution in [1.82, 2.24) is 5.32 Å². The summed E-state index contributed by atoms with van der Waals surface area (Å²) < 4.78 is 0. The maximum atomic E-state index is 3.36. The average molecular weight is 112 g/mol. The predicted octanol–water partition coefficient (Wildman–Crippen LogP) is 1.35. The number of nitrogens with one attached hydrogen (secondary N) is 1. The lowest BCUT2D eigenvalue weighted by molar-refractivity contribution is 0.703. The molecule has 0 radical (unpaired) electrons. The molecule has 1 saturated heterocycles. The van der Waals surface area contributed by atoms with E-state index in [1.807, 2.05) is 0 Å². The van der Waals surface area contributed by atoms with E-state index in [2.05, 4.69) is 12.2 Å². The molecule has 0 aromatic carbocycles. The molecule has 1 heterocycles. The molecule has 0 unspecified atom stereocenters. The largest absolute Gasteiger partial charge is 0.319 e. The Balaban J connectivity index is 2.17. The summed E-state index contributed by atoms with van der Waals surface area (Å²) in [6.45, 7) is 4.68. The summed E-state index contributed by atoms with van der Waals surface area (Å²) in [5.74, 6) is 1.66. The van der Waals surface area contributed by atoms with Gasteiger partial charge in [0.25, 0.3) is 0 Å². The Hall–Kier alpha value is -0.0400. The maximum Gasteiger partial charge on any atom is -0.00742 e. The summed E-state index contributed by atoms with van der Waals surface area (Å²) in [5.41, 5.74) is 0. The number of hydrogen-bond acceptors (Lipinski definition) is 1. The molecule has 0 saturated carbocycles. The van der Waals surface area contributed by atoms with Crippen LogP contribution in [0.15, 0.2) is 0 Å². The Morgan fingerprint density at radius 3 is 3.00 bits per heavy atom. The quantitative estimate of drug-likeness (QED) is 0.466. The van der Waals surface area contributed by atoms with Crippen LogP contribution in [0, 0.1) is 5.92 Å². The van der Waals surface area contributed by atoms with Crippen LogP contribution in [-0.2, 0) is 0 Å². The van der Waals surface area contributed by atoms with E-state index in [-0.39, 0.29) is 0 Å². The van der Waals surface area contributed by atoms with Crippen molar-refractivity contribution in [1.29, 1.82) is 0 Å². The SMILES string of the molecule is C[C-]1CCCNCC1. The summed E-state index contributed by atoms with van der Waals surface area (Å²) >= 11 is 0. The molecule has 48 valence electrons. The third-order valence-electron chi connectivity index (χ3n) is 1.69. The molecule has 1 fully saturated rings. The highest BCUT2D eigenvalue weighted by molar-refractivity contribution is 4.86. The lowest BCUT2D eigenvalue weighted by atomic mass is 10.0. The van der Waals surface area contributed by atoms with Gasteiger partial charge in [-0.25, -0.2) is 0 Å². The Morgan fingerprint density at radius 2 is 2.12 bits per heavy atom. The number of hydrogen-bond donors (Lipinski definition) is 1. The molecule has 0 amide bonds. The van der Waals surface area contributed by atoms with Crippen molar-refractivity contribution in [3.8, 4) is 0 Å². The Labute approximate surface area is 51.5 Å². The highest BCUT2D eigenvalue weighted by atomic mass is 14.8. The van der Waals surface area contributed by atoms with Crippen LogP contribution in [0.2, 0.25) is 0 Å². The van der Waals surface area contributed by atoms with Gasteiger partial charge >= 0.3 is 0 Å². The van der Waals surface area contributed by atoms with Crippen LogP contribution in [-0.4, -0.2) is 13.1 Å². The average Bonchev–Trinajstić information content (AvgIpc) is 1.94. The zero-order chi connectivity index (χ0) is 5.82. The van der Waals surface area contributed by atoms with E-state index >= 15 is 0 Å². The van der Waals surface area contributed by atoms with Gasteiger partial charge in [-0.05, 0) is 13.1 Å². The molecule has 1 heteroatoms. The van der Waals surface area contributed by atoms with E-state index in [1.165, 1.54) is 32.4 Å². The van der Waals surface area contributed by atoms with E-state index in [9.17, 15) is 0 Å². The van der Waals surface area contributed by atoms with E-state index in [4.69, 9.17) is 0 Å². The van der Waals surface area contributed by atoms with Crippen LogP contribution in [0.3, 0.4) is 0 Å². The van der Waals surface area contributed by atoms with Gasteiger partial charge < -0.3 is 11.2 Å². The molecule has 1 rings (SSSR count). The Morgan fingerprint density at radius 1 is 1.25 bits per heavy atom. The summed E-state index contributed by atoms with van der Waals surface area (Å²) in [5, 5.41) is 3.36. The van der Waals surface area contributed by atoms with E-state index in [0.717, 1.165) is 0 Å². The first-order chi connectivity index (χ1) is 3.89. The van der Waals surface area contributed by atoms with E-state index in [0.29, 0.717) is 0 Å². The molecular weight excluding hydrogens is 98.1 g/mol. The molecule has 0 spiro atoms. The van der Waals surface area contributed by atoms with E-state index < -0.39 is 0 Å². The van der Waals surface area contributed by atoms with Crippen molar-refractivity contribution in [3.05, 3.63) is 5.92 Å². The summed E-state index contributed by atoms with van der Waals surface area (Å²) in [4.78, 5) is 0. The van der Waals surface area contributed by atoms with Crippen LogP contribution in [0.4, 0.5) is 0 Å². The minimum absolute atomic E-state index is 1.20. The Bertz CT molecular complexity index is 53.4. The zero-order valence-corrected chi connectivity index (χ0v) is 5.54. The third-order valence-corrected chi connectivity index (χ3v) is 1.69. The standard InChI is InChI=1S/C7H14N/c1-7-3-2-5-8-6-4-7/h8H,2-6H2,1H3/q-1. The minimum Gasteiger partial charge on any atom is -0.319 e. The fraction of sp³-hybridized carbons (Fsp3) is 0.857. The molecule has 0 aliphatic carbocycles. The van der Waals surface area contributed by atoms with Gasteiger partial charge in [-0.2, -0.15) is 19.8 Å². The maximum absolute atomic E-state index is 3.36. The van der Waals surface area contributed by atoms with Gasteiger partial charge in [0, 0.05) is 0 Å². The minimum atomic E-state index is 1.20. The van der Waals surface area contributed by atoms with Crippen molar-refractivity contribution >= 4 is 0 Å². The first kappa shape index (κ1) is 6.09. The van der Waals surface area contributed by atoms with Crippen LogP contribution in [0.1, 0.15) is 26.2 Å². The van der Waals surface area contributed by atoms with Gasteiger partial charge in [-0.15, -0.1) is 0 Å². The molecule has 0 aromatic rings. The molecular formula is C7H14N-. The smallest absolute Gasteiger partial charge is 0.00742 e. The van der Waals surface area contributed by atoms with Crippen LogP contribution in [0.5, 0.6) is 0 Å². The normalized spacial score (nSPS) is 25.1. The van der Waals surface area contributed by atoms with Crippen molar-refractivity contribution < 1.29 is 0 Å². The summed E-state index contributed by atoms with van der Waals surface area (Å²) in [6.07, 6.45) is 3.97. The fourth-order valence-electron chi connectivity index (χ4n) is 1.07. The van der Waals surface area contributed by atoms with Gasteiger partial charge in [-0.1, -0.05) is 6.42 Å². The van der Waals surface area contributed by atoms with Crippen molar-refractivity contribution in [3.63, 3.8) is 0 Å². The first-order valence-electron chi connectivity index (χ1n) is 3.41.